The monoisotopic (exact) mass is 252 g/mol. The summed E-state index contributed by atoms with van der Waals surface area (Å²) in [5.74, 6) is 0.930. The third kappa shape index (κ3) is 2.06. The van der Waals surface area contributed by atoms with Crippen molar-refractivity contribution in [2.75, 3.05) is 6.54 Å². The Bertz CT molecular complexity index is 415. The van der Waals surface area contributed by atoms with Crippen LogP contribution in [0.2, 0.25) is 0 Å². The second kappa shape index (κ2) is 4.63. The predicted molar refractivity (Wildman–Crippen MR) is 69.9 cm³/mol. The fourth-order valence-electron chi connectivity index (χ4n) is 3.15. The Labute approximate surface area is 108 Å². The number of aliphatic hydroxyl groups excluding tert-OH is 1. The molecule has 1 saturated carbocycles. The molecule has 0 radical (unpaired) electrons. The molecular formula is C13H24N4O. The molecule has 2 unspecified atom stereocenters. The zero-order valence-corrected chi connectivity index (χ0v) is 11.6. The first kappa shape index (κ1) is 13.5. The number of hydrogen-bond acceptors (Lipinski definition) is 4. The van der Waals surface area contributed by atoms with E-state index >= 15 is 0 Å². The van der Waals surface area contributed by atoms with Crippen LogP contribution in [0.3, 0.4) is 0 Å². The summed E-state index contributed by atoms with van der Waals surface area (Å²) in [6.45, 7) is 7.56. The van der Waals surface area contributed by atoms with Gasteiger partial charge in [-0.3, -0.25) is 4.68 Å². The average Bonchev–Trinajstić information content (AvgIpc) is 2.88. The summed E-state index contributed by atoms with van der Waals surface area (Å²) in [4.78, 5) is 4.31. The molecule has 0 spiro atoms. The predicted octanol–water partition coefficient (Wildman–Crippen LogP) is 0.966. The van der Waals surface area contributed by atoms with Gasteiger partial charge in [0.15, 0.2) is 0 Å². The van der Waals surface area contributed by atoms with Crippen molar-refractivity contribution in [2.24, 2.45) is 16.6 Å². The number of nitrogens with two attached hydrogens (primary N) is 1. The van der Waals surface area contributed by atoms with Crippen LogP contribution in [0.15, 0.2) is 6.33 Å². The molecule has 5 heteroatoms. The van der Waals surface area contributed by atoms with Crippen molar-refractivity contribution in [1.82, 2.24) is 14.8 Å². The summed E-state index contributed by atoms with van der Waals surface area (Å²) in [5.41, 5.74) is 5.67. The molecule has 102 valence electrons. The topological polar surface area (TPSA) is 77.0 Å². The smallest absolute Gasteiger partial charge is 0.138 e. The summed E-state index contributed by atoms with van der Waals surface area (Å²) in [6, 6.07) is 0. The third-order valence-electron chi connectivity index (χ3n) is 4.50. The van der Waals surface area contributed by atoms with E-state index in [-0.39, 0.29) is 16.9 Å². The second-order valence-corrected chi connectivity index (χ2v) is 6.13. The van der Waals surface area contributed by atoms with Gasteiger partial charge in [-0.05, 0) is 25.2 Å². The van der Waals surface area contributed by atoms with Gasteiger partial charge in [-0.15, -0.1) is 0 Å². The zero-order chi connectivity index (χ0) is 13.4. The van der Waals surface area contributed by atoms with Crippen molar-refractivity contribution in [1.29, 1.82) is 0 Å². The Morgan fingerprint density at radius 2 is 2.22 bits per heavy atom. The van der Waals surface area contributed by atoms with Gasteiger partial charge in [-0.2, -0.15) is 5.10 Å². The van der Waals surface area contributed by atoms with E-state index in [9.17, 15) is 5.11 Å². The summed E-state index contributed by atoms with van der Waals surface area (Å²) >= 11 is 0. The molecule has 18 heavy (non-hydrogen) atoms. The van der Waals surface area contributed by atoms with Gasteiger partial charge in [-0.25, -0.2) is 4.98 Å². The summed E-state index contributed by atoms with van der Waals surface area (Å²) < 4.78 is 1.88. The number of aromatic nitrogens is 3. The minimum atomic E-state index is -0.378. The highest BCUT2D eigenvalue weighted by Gasteiger charge is 2.51. The fraction of sp³-hybridized carbons (Fsp3) is 0.846. The molecule has 3 N–H and O–H groups in total. The lowest BCUT2D eigenvalue weighted by Crippen LogP contribution is -2.44. The van der Waals surface area contributed by atoms with E-state index in [2.05, 4.69) is 23.9 Å². The van der Waals surface area contributed by atoms with E-state index in [0.29, 0.717) is 13.0 Å². The molecule has 0 saturated heterocycles. The van der Waals surface area contributed by atoms with E-state index in [1.54, 1.807) is 6.33 Å². The van der Waals surface area contributed by atoms with Crippen LogP contribution in [0.1, 0.15) is 39.4 Å². The molecule has 0 bridgehead atoms. The maximum atomic E-state index is 10.6. The molecule has 1 aromatic heterocycles. The largest absolute Gasteiger partial charge is 0.392 e. The minimum Gasteiger partial charge on any atom is -0.392 e. The fourth-order valence-corrected chi connectivity index (χ4v) is 3.15. The molecule has 0 aromatic carbocycles. The Balaban J connectivity index is 2.25. The van der Waals surface area contributed by atoms with Gasteiger partial charge in [0.1, 0.15) is 12.2 Å². The van der Waals surface area contributed by atoms with Crippen LogP contribution < -0.4 is 5.73 Å². The van der Waals surface area contributed by atoms with E-state index in [0.717, 1.165) is 25.2 Å². The van der Waals surface area contributed by atoms with Crippen LogP contribution in [0, 0.1) is 10.8 Å². The van der Waals surface area contributed by atoms with Crippen LogP contribution in [-0.4, -0.2) is 32.5 Å². The van der Waals surface area contributed by atoms with Gasteiger partial charge in [0.05, 0.1) is 6.10 Å². The first-order chi connectivity index (χ1) is 8.45. The molecule has 2 atom stereocenters. The van der Waals surface area contributed by atoms with Crippen molar-refractivity contribution in [3.8, 4) is 0 Å². The molecule has 1 aliphatic rings. The van der Waals surface area contributed by atoms with Crippen LogP contribution in [0.25, 0.3) is 0 Å². The number of aliphatic hydroxyl groups is 1. The van der Waals surface area contributed by atoms with Gasteiger partial charge < -0.3 is 10.8 Å². The number of nitrogens with zero attached hydrogens (tertiary/aromatic N) is 3. The maximum Gasteiger partial charge on any atom is 0.138 e. The first-order valence-corrected chi connectivity index (χ1v) is 6.70. The molecule has 1 aliphatic carbocycles. The van der Waals surface area contributed by atoms with E-state index < -0.39 is 0 Å². The lowest BCUT2D eigenvalue weighted by molar-refractivity contribution is -0.00601. The Hall–Kier alpha value is -0.940. The van der Waals surface area contributed by atoms with Crippen LogP contribution >= 0.6 is 0 Å². The highest BCUT2D eigenvalue weighted by molar-refractivity contribution is 5.06. The summed E-state index contributed by atoms with van der Waals surface area (Å²) in [5, 5.41) is 14.8. The van der Waals surface area contributed by atoms with Crippen molar-refractivity contribution >= 4 is 0 Å². The summed E-state index contributed by atoms with van der Waals surface area (Å²) in [7, 11) is 0. The van der Waals surface area contributed by atoms with Crippen molar-refractivity contribution < 1.29 is 5.11 Å². The quantitative estimate of drug-likeness (QED) is 0.837. The van der Waals surface area contributed by atoms with Crippen LogP contribution in [0.4, 0.5) is 0 Å². The highest BCUT2D eigenvalue weighted by atomic mass is 16.3. The van der Waals surface area contributed by atoms with E-state index in [4.69, 9.17) is 5.73 Å². The van der Waals surface area contributed by atoms with E-state index in [1.807, 2.05) is 11.6 Å². The normalized spacial score (nSPS) is 30.8. The average molecular weight is 252 g/mol. The molecule has 0 amide bonds. The van der Waals surface area contributed by atoms with Gasteiger partial charge in [0.2, 0.25) is 0 Å². The van der Waals surface area contributed by atoms with Crippen molar-refractivity contribution in [3.05, 3.63) is 12.2 Å². The lowest BCUT2D eigenvalue weighted by atomic mass is 9.76. The van der Waals surface area contributed by atoms with Gasteiger partial charge in [0, 0.05) is 24.9 Å². The first-order valence-electron chi connectivity index (χ1n) is 6.70. The Morgan fingerprint density at radius 3 is 2.72 bits per heavy atom. The van der Waals surface area contributed by atoms with Crippen molar-refractivity contribution in [3.63, 3.8) is 0 Å². The highest BCUT2D eigenvalue weighted by Crippen LogP contribution is 2.50. The number of rotatable bonds is 4. The van der Waals surface area contributed by atoms with Crippen LogP contribution in [0.5, 0.6) is 0 Å². The van der Waals surface area contributed by atoms with Gasteiger partial charge in [-0.1, -0.05) is 13.8 Å². The number of hydrogen-bond donors (Lipinski definition) is 2. The molecule has 1 heterocycles. The molecule has 1 aromatic rings. The standard InChI is InChI=1S/C13H24N4O/c1-4-17-10(15-9-16-17)7-13(8-14)6-5-12(2,3)11(13)18/h9,11,18H,4-8,14H2,1-3H3. The van der Waals surface area contributed by atoms with Gasteiger partial charge in [0.25, 0.3) is 0 Å². The zero-order valence-electron chi connectivity index (χ0n) is 11.6. The summed E-state index contributed by atoms with van der Waals surface area (Å²) in [6.07, 6.45) is 3.87. The molecule has 2 rings (SSSR count). The second-order valence-electron chi connectivity index (χ2n) is 6.13. The Morgan fingerprint density at radius 1 is 1.50 bits per heavy atom. The van der Waals surface area contributed by atoms with E-state index in [1.165, 1.54) is 0 Å². The molecule has 5 nitrogen and oxygen atoms in total. The molecular weight excluding hydrogens is 228 g/mol. The third-order valence-corrected chi connectivity index (χ3v) is 4.50. The lowest BCUT2D eigenvalue weighted by Gasteiger charge is -2.35. The minimum absolute atomic E-state index is 0.0591. The SMILES string of the molecule is CCn1ncnc1CC1(CN)CCC(C)(C)C1O. The Kier molecular flexibility index (Phi) is 3.47. The van der Waals surface area contributed by atoms with Crippen molar-refractivity contribution in [2.45, 2.75) is 52.7 Å². The van der Waals surface area contributed by atoms with Gasteiger partial charge >= 0.3 is 0 Å². The molecule has 1 fully saturated rings. The van der Waals surface area contributed by atoms with Crippen LogP contribution in [-0.2, 0) is 13.0 Å². The number of aryl methyl sites for hydroxylation is 1. The maximum absolute atomic E-state index is 10.6. The molecule has 0 aliphatic heterocycles.